The van der Waals surface area contributed by atoms with Gasteiger partial charge < -0.3 is 14.7 Å². The summed E-state index contributed by atoms with van der Waals surface area (Å²) in [6.45, 7) is 8.74. The third-order valence-electron chi connectivity index (χ3n) is 5.52. The van der Waals surface area contributed by atoms with E-state index >= 15 is 0 Å². The van der Waals surface area contributed by atoms with Crippen molar-refractivity contribution in [3.63, 3.8) is 0 Å². The third kappa shape index (κ3) is 4.85. The standard InChI is InChI=1S/C22H29N3O4/c1-4-29-14-17-11-12-24(13-17)22(28)18-5-7-19(8-6-18)25-16(3)20(15(2)23-25)9-10-21(26)27/h5-8,17H,4,9-14H2,1-3H3,(H,26,27). The maximum absolute atomic E-state index is 12.8. The largest absolute Gasteiger partial charge is 0.481 e. The van der Waals surface area contributed by atoms with E-state index in [0.29, 0.717) is 31.1 Å². The number of carbonyl (C=O) groups is 2. The van der Waals surface area contributed by atoms with Gasteiger partial charge in [0.2, 0.25) is 0 Å². The predicted octanol–water partition coefficient (Wildman–Crippen LogP) is 3.00. The van der Waals surface area contributed by atoms with Gasteiger partial charge in [0.1, 0.15) is 0 Å². The molecule has 0 saturated carbocycles. The minimum Gasteiger partial charge on any atom is -0.481 e. The Bertz CT molecular complexity index is 873. The van der Waals surface area contributed by atoms with Crippen molar-refractivity contribution in [2.75, 3.05) is 26.3 Å². The molecular weight excluding hydrogens is 370 g/mol. The van der Waals surface area contributed by atoms with Crippen molar-refractivity contribution in [2.45, 2.75) is 40.0 Å². The summed E-state index contributed by atoms with van der Waals surface area (Å²) in [5.41, 5.74) is 4.25. The maximum atomic E-state index is 12.8. The van der Waals surface area contributed by atoms with Crippen molar-refractivity contribution >= 4 is 11.9 Å². The zero-order chi connectivity index (χ0) is 21.0. The highest BCUT2D eigenvalue weighted by molar-refractivity contribution is 5.94. The van der Waals surface area contributed by atoms with Crippen molar-refractivity contribution in [3.05, 3.63) is 46.8 Å². The monoisotopic (exact) mass is 399 g/mol. The molecule has 1 amide bonds. The highest BCUT2D eigenvalue weighted by Crippen LogP contribution is 2.22. The summed E-state index contributed by atoms with van der Waals surface area (Å²) in [6, 6.07) is 7.45. The number of nitrogens with zero attached hydrogens (tertiary/aromatic N) is 3. The molecular formula is C22H29N3O4. The van der Waals surface area contributed by atoms with Gasteiger partial charge in [0.05, 0.1) is 18.0 Å². The number of aliphatic carboxylic acids is 1. The van der Waals surface area contributed by atoms with Crippen LogP contribution in [0.1, 0.15) is 47.1 Å². The number of benzene rings is 1. The summed E-state index contributed by atoms with van der Waals surface area (Å²) in [7, 11) is 0. The second-order valence-electron chi connectivity index (χ2n) is 7.57. The highest BCUT2D eigenvalue weighted by Gasteiger charge is 2.27. The average molecular weight is 399 g/mol. The highest BCUT2D eigenvalue weighted by atomic mass is 16.5. The molecule has 1 N–H and O–H groups in total. The van der Waals surface area contributed by atoms with E-state index in [1.54, 1.807) is 0 Å². The van der Waals surface area contributed by atoms with E-state index in [-0.39, 0.29) is 12.3 Å². The van der Waals surface area contributed by atoms with E-state index < -0.39 is 5.97 Å². The Morgan fingerprint density at radius 2 is 1.97 bits per heavy atom. The van der Waals surface area contributed by atoms with Crippen LogP contribution < -0.4 is 0 Å². The van der Waals surface area contributed by atoms with E-state index in [1.165, 1.54) is 0 Å². The molecule has 29 heavy (non-hydrogen) atoms. The molecule has 1 aliphatic rings. The Morgan fingerprint density at radius 1 is 1.24 bits per heavy atom. The zero-order valence-electron chi connectivity index (χ0n) is 17.4. The van der Waals surface area contributed by atoms with Crippen molar-refractivity contribution < 1.29 is 19.4 Å². The SMILES string of the molecule is CCOCC1CCN(C(=O)c2ccc(-n3nc(C)c(CCC(=O)O)c3C)cc2)C1. The number of aromatic nitrogens is 2. The van der Waals surface area contributed by atoms with Crippen LogP contribution >= 0.6 is 0 Å². The van der Waals surface area contributed by atoms with Crippen LogP contribution in [0.2, 0.25) is 0 Å². The fourth-order valence-electron chi connectivity index (χ4n) is 3.89. The molecule has 1 aliphatic heterocycles. The van der Waals surface area contributed by atoms with Gasteiger partial charge in [0.15, 0.2) is 0 Å². The molecule has 0 aliphatic carbocycles. The van der Waals surface area contributed by atoms with Gasteiger partial charge in [-0.25, -0.2) is 4.68 Å². The van der Waals surface area contributed by atoms with Gasteiger partial charge >= 0.3 is 5.97 Å². The van der Waals surface area contributed by atoms with Crippen molar-refractivity contribution in [1.29, 1.82) is 0 Å². The molecule has 1 saturated heterocycles. The van der Waals surface area contributed by atoms with E-state index in [1.807, 2.05) is 54.6 Å². The lowest BCUT2D eigenvalue weighted by Gasteiger charge is -2.17. The Hall–Kier alpha value is -2.67. The quantitative estimate of drug-likeness (QED) is 0.738. The fraction of sp³-hybridized carbons (Fsp3) is 0.500. The molecule has 2 heterocycles. The molecule has 1 atom stereocenters. The molecule has 0 bridgehead atoms. The topological polar surface area (TPSA) is 84.7 Å². The lowest BCUT2D eigenvalue weighted by atomic mass is 10.1. The van der Waals surface area contributed by atoms with E-state index in [2.05, 4.69) is 5.10 Å². The molecule has 7 heteroatoms. The number of rotatable bonds is 8. The number of carbonyl (C=O) groups excluding carboxylic acids is 1. The lowest BCUT2D eigenvalue weighted by molar-refractivity contribution is -0.136. The third-order valence-corrected chi connectivity index (χ3v) is 5.52. The Balaban J connectivity index is 1.70. The number of hydrogen-bond donors (Lipinski definition) is 1. The molecule has 1 unspecified atom stereocenters. The summed E-state index contributed by atoms with van der Waals surface area (Å²) < 4.78 is 7.30. The van der Waals surface area contributed by atoms with Crippen LogP contribution in [0, 0.1) is 19.8 Å². The number of amides is 1. The first-order valence-corrected chi connectivity index (χ1v) is 10.1. The molecule has 0 spiro atoms. The van der Waals surface area contributed by atoms with Crippen LogP contribution in [0.4, 0.5) is 0 Å². The van der Waals surface area contributed by atoms with Crippen LogP contribution in [0.3, 0.4) is 0 Å². The minimum atomic E-state index is -0.815. The van der Waals surface area contributed by atoms with Crippen molar-refractivity contribution in [1.82, 2.24) is 14.7 Å². The van der Waals surface area contributed by atoms with Crippen LogP contribution in [0.5, 0.6) is 0 Å². The van der Waals surface area contributed by atoms with Gasteiger partial charge in [-0.2, -0.15) is 5.10 Å². The summed E-state index contributed by atoms with van der Waals surface area (Å²) >= 11 is 0. The molecule has 0 radical (unpaired) electrons. The maximum Gasteiger partial charge on any atom is 0.303 e. The average Bonchev–Trinajstić information content (AvgIpc) is 3.29. The predicted molar refractivity (Wildman–Crippen MR) is 109 cm³/mol. The van der Waals surface area contributed by atoms with Crippen molar-refractivity contribution in [3.8, 4) is 5.69 Å². The summed E-state index contributed by atoms with van der Waals surface area (Å²) in [5, 5.41) is 13.5. The van der Waals surface area contributed by atoms with E-state index in [9.17, 15) is 9.59 Å². The van der Waals surface area contributed by atoms with E-state index in [0.717, 1.165) is 42.1 Å². The molecule has 1 fully saturated rings. The normalized spacial score (nSPS) is 16.4. The number of carboxylic acid groups (broad SMARTS) is 1. The molecule has 2 aromatic rings. The van der Waals surface area contributed by atoms with Crippen LogP contribution in [0.25, 0.3) is 5.69 Å². The number of hydrogen-bond acceptors (Lipinski definition) is 4. The second kappa shape index (κ2) is 9.22. The molecule has 1 aromatic heterocycles. The summed E-state index contributed by atoms with van der Waals surface area (Å²) in [4.78, 5) is 25.6. The lowest BCUT2D eigenvalue weighted by Crippen LogP contribution is -2.29. The molecule has 3 rings (SSSR count). The second-order valence-corrected chi connectivity index (χ2v) is 7.57. The first kappa shape index (κ1) is 21.0. The van der Waals surface area contributed by atoms with Gasteiger partial charge in [-0.05, 0) is 63.4 Å². The van der Waals surface area contributed by atoms with Gasteiger partial charge in [-0.1, -0.05) is 0 Å². The summed E-state index contributed by atoms with van der Waals surface area (Å²) in [6.07, 6.45) is 1.52. The Kier molecular flexibility index (Phi) is 6.69. The van der Waals surface area contributed by atoms with Crippen LogP contribution in [0.15, 0.2) is 24.3 Å². The van der Waals surface area contributed by atoms with Crippen molar-refractivity contribution in [2.24, 2.45) is 5.92 Å². The molecule has 1 aromatic carbocycles. The molecule has 156 valence electrons. The van der Waals surface area contributed by atoms with Gasteiger partial charge in [-0.3, -0.25) is 9.59 Å². The first-order valence-electron chi connectivity index (χ1n) is 10.1. The summed E-state index contributed by atoms with van der Waals surface area (Å²) in [5.74, 6) is -0.354. The minimum absolute atomic E-state index is 0.0473. The van der Waals surface area contributed by atoms with E-state index in [4.69, 9.17) is 9.84 Å². The zero-order valence-corrected chi connectivity index (χ0v) is 17.4. The number of carboxylic acids is 1. The number of ether oxygens (including phenoxy) is 1. The Morgan fingerprint density at radius 3 is 2.62 bits per heavy atom. The smallest absolute Gasteiger partial charge is 0.303 e. The van der Waals surface area contributed by atoms with Gasteiger partial charge in [0, 0.05) is 43.3 Å². The van der Waals surface area contributed by atoms with Gasteiger partial charge in [-0.15, -0.1) is 0 Å². The fourth-order valence-corrected chi connectivity index (χ4v) is 3.89. The van der Waals surface area contributed by atoms with Crippen LogP contribution in [-0.4, -0.2) is 58.0 Å². The Labute approximate surface area is 171 Å². The van der Waals surface area contributed by atoms with Crippen LogP contribution in [-0.2, 0) is 16.0 Å². The molecule has 7 nitrogen and oxygen atoms in total. The number of aryl methyl sites for hydroxylation is 1. The number of likely N-dealkylation sites (tertiary alicyclic amines) is 1. The first-order chi connectivity index (χ1) is 13.9. The van der Waals surface area contributed by atoms with Gasteiger partial charge in [0.25, 0.3) is 5.91 Å².